The lowest BCUT2D eigenvalue weighted by molar-refractivity contribution is -0.134. The molecule has 8 nitrogen and oxygen atoms in total. The van der Waals surface area contributed by atoms with E-state index in [1.165, 1.54) is 0 Å². The molecule has 0 amide bonds. The van der Waals surface area contributed by atoms with Crippen molar-refractivity contribution in [3.63, 3.8) is 0 Å². The van der Waals surface area contributed by atoms with E-state index in [2.05, 4.69) is 31.8 Å². The highest BCUT2D eigenvalue weighted by Crippen LogP contribution is 1.86. The molecule has 0 atom stereocenters. The molecule has 5 N–H and O–H groups in total. The second kappa shape index (κ2) is 24.4. The summed E-state index contributed by atoms with van der Waals surface area (Å²) >= 11 is 6.83. The Labute approximate surface area is 139 Å². The van der Waals surface area contributed by atoms with Gasteiger partial charge < -0.3 is 25.5 Å². The maximum Gasteiger partial charge on any atom is 0.327 e. The van der Waals surface area contributed by atoms with Crippen LogP contribution < -0.4 is 0 Å². The average molecular weight is 358 g/mol. The number of carbonyl (C=O) groups is 3. The zero-order valence-corrected chi connectivity index (χ0v) is 13.8. The minimum Gasteiger partial charge on any atom is -0.510 e. The molecule has 0 aliphatic rings. The molecule has 0 aromatic heterocycles. The topological polar surface area (TPSA) is 152 Å². The number of hydrogen-bond donors (Lipinski definition) is 7. The smallest absolute Gasteiger partial charge is 0.327 e. The number of rotatable bonds is 5. The Bertz CT molecular complexity index is 328. The molecule has 0 radical (unpaired) electrons. The molecule has 0 heterocycles. The van der Waals surface area contributed by atoms with Gasteiger partial charge in [0, 0.05) is 6.08 Å². The summed E-state index contributed by atoms with van der Waals surface area (Å²) in [6.07, 6.45) is 3.17. The van der Waals surface area contributed by atoms with Crippen molar-refractivity contribution in [2.75, 3.05) is 18.1 Å². The summed E-state index contributed by atoms with van der Waals surface area (Å²) < 4.78 is 0. The summed E-state index contributed by atoms with van der Waals surface area (Å²) in [5, 5.41) is 39.5. The molecule has 22 heavy (non-hydrogen) atoms. The predicted molar refractivity (Wildman–Crippen MR) is 88.9 cm³/mol. The number of aliphatic hydroxyl groups excluding tert-OH is 2. The van der Waals surface area contributed by atoms with E-state index in [9.17, 15) is 14.4 Å². The van der Waals surface area contributed by atoms with E-state index in [4.69, 9.17) is 25.5 Å². The lowest BCUT2D eigenvalue weighted by Gasteiger charge is -1.87. The first kappa shape index (κ1) is 28.5. The quantitative estimate of drug-likeness (QED) is 0.219. The van der Waals surface area contributed by atoms with E-state index < -0.39 is 17.9 Å². The maximum atomic E-state index is 9.29. The average Bonchev–Trinajstić information content (AvgIpc) is 2.49. The molecule has 0 aliphatic heterocycles. The van der Waals surface area contributed by atoms with Crippen molar-refractivity contribution in [1.82, 2.24) is 0 Å². The Morgan fingerprint density at radius 1 is 1.00 bits per heavy atom. The van der Waals surface area contributed by atoms with Crippen molar-refractivity contribution >= 4 is 43.2 Å². The van der Waals surface area contributed by atoms with Crippen LogP contribution in [-0.4, -0.2) is 61.6 Å². The van der Waals surface area contributed by atoms with E-state index in [1.54, 1.807) is 6.08 Å². The summed E-state index contributed by atoms with van der Waals surface area (Å²) in [7, 11) is 0. The molecule has 0 fully saturated rings. The normalized spacial score (nSPS) is 8.64. The highest BCUT2D eigenvalue weighted by atomic mass is 32.1. The molecular weight excluding hydrogens is 336 g/mol. The van der Waals surface area contributed by atoms with Crippen LogP contribution in [0.4, 0.5) is 0 Å². The van der Waals surface area contributed by atoms with E-state index in [1.807, 2.05) is 6.92 Å². The van der Waals surface area contributed by atoms with Crippen molar-refractivity contribution < 1.29 is 39.9 Å². The number of aliphatic hydroxyl groups is 2. The first-order chi connectivity index (χ1) is 10.1. The molecular formula is C12H22O8S2. The SMILES string of the molecule is C=CC(=O)O.CCC=C(O)CO.O=C(O)CS.O=C(O)CS. The maximum absolute atomic E-state index is 9.29. The van der Waals surface area contributed by atoms with Crippen molar-refractivity contribution in [2.24, 2.45) is 0 Å². The van der Waals surface area contributed by atoms with Crippen LogP contribution in [0.2, 0.25) is 0 Å². The van der Waals surface area contributed by atoms with Gasteiger partial charge in [-0.2, -0.15) is 25.3 Å². The van der Waals surface area contributed by atoms with E-state index >= 15 is 0 Å². The number of carboxylic acid groups (broad SMARTS) is 3. The largest absolute Gasteiger partial charge is 0.510 e. The lowest BCUT2D eigenvalue weighted by atomic mass is 10.4. The summed E-state index contributed by atoms with van der Waals surface area (Å²) in [6, 6.07) is 0. The Kier molecular flexibility index (Phi) is 31.6. The summed E-state index contributed by atoms with van der Waals surface area (Å²) in [5.74, 6) is -2.85. The first-order valence-corrected chi connectivity index (χ1v) is 6.88. The fourth-order valence-corrected chi connectivity index (χ4v) is 0.300. The minimum atomic E-state index is -0.981. The Balaban J connectivity index is -0.0000000995. The minimum absolute atomic E-state index is 0.0579. The summed E-state index contributed by atoms with van der Waals surface area (Å²) in [6.45, 7) is 4.61. The summed E-state index contributed by atoms with van der Waals surface area (Å²) in [5.41, 5.74) is 0. The fourth-order valence-electron chi connectivity index (χ4n) is 0.300. The van der Waals surface area contributed by atoms with Crippen molar-refractivity contribution in [1.29, 1.82) is 0 Å². The Hall–Kier alpha value is -1.65. The second-order valence-corrected chi connectivity index (χ2v) is 3.54. The highest BCUT2D eigenvalue weighted by Gasteiger charge is 1.82. The standard InChI is InChI=1S/C5H10O2.C3H4O2.2C2H4O2S/c1-2-3-5(7)4-6;1-2-3(4)5;2*3-2(4)1-5/h3,6-7H,2,4H2,1H3;2H,1H2,(H,4,5);2*5H,1H2,(H,3,4). The molecule has 0 aromatic carbocycles. The molecule has 0 spiro atoms. The zero-order chi connectivity index (χ0) is 18.6. The molecule has 0 rings (SSSR count). The van der Waals surface area contributed by atoms with E-state index in [0.717, 1.165) is 12.5 Å². The third kappa shape index (κ3) is 63.2. The van der Waals surface area contributed by atoms with Gasteiger partial charge in [0.25, 0.3) is 0 Å². The molecule has 130 valence electrons. The number of aliphatic carboxylic acids is 3. The van der Waals surface area contributed by atoms with Gasteiger partial charge >= 0.3 is 17.9 Å². The number of allylic oxidation sites excluding steroid dienone is 1. The molecule has 0 aromatic rings. The van der Waals surface area contributed by atoms with Crippen molar-refractivity contribution in [2.45, 2.75) is 13.3 Å². The van der Waals surface area contributed by atoms with Crippen LogP contribution in [0.3, 0.4) is 0 Å². The fraction of sp³-hybridized carbons (Fsp3) is 0.417. The molecule has 0 bridgehead atoms. The molecule has 10 heteroatoms. The van der Waals surface area contributed by atoms with Crippen LogP contribution in [0.1, 0.15) is 13.3 Å². The zero-order valence-electron chi connectivity index (χ0n) is 12.0. The highest BCUT2D eigenvalue weighted by molar-refractivity contribution is 7.81. The Morgan fingerprint density at radius 3 is 1.32 bits per heavy atom. The van der Waals surface area contributed by atoms with Crippen LogP contribution in [0.25, 0.3) is 0 Å². The second-order valence-electron chi connectivity index (χ2n) is 2.91. The summed E-state index contributed by atoms with van der Waals surface area (Å²) in [4.78, 5) is 27.8. The van der Waals surface area contributed by atoms with Gasteiger partial charge in [0.1, 0.15) is 5.76 Å². The monoisotopic (exact) mass is 358 g/mol. The number of thiol groups is 2. The molecule has 0 unspecified atom stereocenters. The van der Waals surface area contributed by atoms with Gasteiger partial charge in [0.05, 0.1) is 18.1 Å². The lowest BCUT2D eigenvalue weighted by Crippen LogP contribution is -1.92. The van der Waals surface area contributed by atoms with Crippen LogP contribution in [0, 0.1) is 0 Å². The predicted octanol–water partition coefficient (Wildman–Crippen LogP) is 1.09. The van der Waals surface area contributed by atoms with Crippen LogP contribution >= 0.6 is 25.3 Å². The van der Waals surface area contributed by atoms with Crippen LogP contribution in [-0.2, 0) is 14.4 Å². The number of hydrogen-bond acceptors (Lipinski definition) is 7. The molecule has 0 saturated heterocycles. The van der Waals surface area contributed by atoms with Gasteiger partial charge in [-0.05, 0) is 12.5 Å². The van der Waals surface area contributed by atoms with E-state index in [0.29, 0.717) is 0 Å². The molecule has 0 aliphatic carbocycles. The first-order valence-electron chi connectivity index (χ1n) is 5.62. The third-order valence-corrected chi connectivity index (χ3v) is 1.59. The van der Waals surface area contributed by atoms with Gasteiger partial charge in [0.2, 0.25) is 0 Å². The Morgan fingerprint density at radius 2 is 1.27 bits per heavy atom. The van der Waals surface area contributed by atoms with Crippen LogP contribution in [0.5, 0.6) is 0 Å². The molecule has 0 saturated carbocycles. The van der Waals surface area contributed by atoms with Gasteiger partial charge in [-0.1, -0.05) is 13.5 Å². The van der Waals surface area contributed by atoms with Gasteiger partial charge in [-0.25, -0.2) is 4.79 Å². The number of carboxylic acids is 3. The van der Waals surface area contributed by atoms with Crippen molar-refractivity contribution in [3.05, 3.63) is 24.5 Å². The van der Waals surface area contributed by atoms with Gasteiger partial charge in [-0.15, -0.1) is 0 Å². The van der Waals surface area contributed by atoms with Crippen molar-refractivity contribution in [3.8, 4) is 0 Å². The van der Waals surface area contributed by atoms with Gasteiger partial charge in [0.15, 0.2) is 0 Å². The van der Waals surface area contributed by atoms with Gasteiger partial charge in [-0.3, -0.25) is 9.59 Å². The van der Waals surface area contributed by atoms with Crippen LogP contribution in [0.15, 0.2) is 24.5 Å². The third-order valence-electron chi connectivity index (χ3n) is 1.05. The van der Waals surface area contributed by atoms with E-state index in [-0.39, 0.29) is 23.9 Å².